The van der Waals surface area contributed by atoms with Crippen molar-refractivity contribution in [3.8, 4) is 5.75 Å². The number of ether oxygens (including phenoxy) is 1. The molecule has 0 fully saturated rings. The van der Waals surface area contributed by atoms with Crippen molar-refractivity contribution >= 4 is 28.4 Å². The van der Waals surface area contributed by atoms with Crippen LogP contribution in [0.2, 0.25) is 0 Å². The van der Waals surface area contributed by atoms with Crippen LogP contribution >= 0.6 is 11.8 Å². The van der Waals surface area contributed by atoms with Crippen molar-refractivity contribution in [3.63, 3.8) is 0 Å². The first-order valence-electron chi connectivity index (χ1n) is 8.49. The monoisotopic (exact) mass is 379 g/mol. The molecule has 2 atom stereocenters. The second-order valence-electron chi connectivity index (χ2n) is 6.32. The molecule has 0 radical (unpaired) electrons. The number of hydrogen-bond donors (Lipinski definition) is 1. The molecule has 0 aliphatic carbocycles. The van der Waals surface area contributed by atoms with Crippen molar-refractivity contribution in [2.24, 2.45) is 9.98 Å². The highest BCUT2D eigenvalue weighted by molar-refractivity contribution is 8.16. The zero-order valence-corrected chi connectivity index (χ0v) is 16.6. The molecule has 0 aromatic carbocycles. The Labute approximate surface area is 157 Å². The fourth-order valence-electron chi connectivity index (χ4n) is 2.55. The van der Waals surface area contributed by atoms with E-state index in [1.807, 2.05) is 13.8 Å². The van der Waals surface area contributed by atoms with E-state index in [1.54, 1.807) is 20.0 Å². The highest BCUT2D eigenvalue weighted by atomic mass is 32.2. The SMILES string of the molecule is CCC[C@@H](NC(=O)C1(C)CSC(C(C)=NC)=N1)c1cc(OC)cc(=O)o1. The van der Waals surface area contributed by atoms with Crippen LogP contribution in [-0.2, 0) is 4.79 Å². The maximum Gasteiger partial charge on any atom is 0.339 e. The standard InChI is InChI=1S/C18H25N3O4S/c1-6-7-13(14-8-12(24-5)9-15(22)25-14)20-17(23)18(3)10-26-16(21-18)11(2)19-4/h8-9,13H,6-7,10H2,1-5H3,(H,20,23)/t13-,18?/m1/s1. The molecule has 2 heterocycles. The molecule has 142 valence electrons. The molecule has 1 amide bonds. The zero-order chi connectivity index (χ0) is 19.3. The van der Waals surface area contributed by atoms with Crippen LogP contribution < -0.4 is 15.7 Å². The minimum Gasteiger partial charge on any atom is -0.496 e. The Hall–Kier alpha value is -2.09. The smallest absolute Gasteiger partial charge is 0.339 e. The molecule has 7 nitrogen and oxygen atoms in total. The van der Waals surface area contributed by atoms with Crippen molar-refractivity contribution in [2.45, 2.75) is 45.2 Å². The van der Waals surface area contributed by atoms with Gasteiger partial charge in [-0.15, -0.1) is 11.8 Å². The lowest BCUT2D eigenvalue weighted by atomic mass is 10.0. The fourth-order valence-corrected chi connectivity index (χ4v) is 3.73. The van der Waals surface area contributed by atoms with Gasteiger partial charge in [-0.25, -0.2) is 4.79 Å². The van der Waals surface area contributed by atoms with E-state index in [0.717, 1.165) is 17.2 Å². The lowest BCUT2D eigenvalue weighted by Gasteiger charge is -2.24. The Morgan fingerprint density at radius 2 is 2.27 bits per heavy atom. The van der Waals surface area contributed by atoms with E-state index >= 15 is 0 Å². The van der Waals surface area contributed by atoms with Gasteiger partial charge in [0.1, 0.15) is 22.1 Å². The highest BCUT2D eigenvalue weighted by Crippen LogP contribution is 2.30. The quantitative estimate of drug-likeness (QED) is 0.735. The summed E-state index contributed by atoms with van der Waals surface area (Å²) < 4.78 is 10.4. The number of nitrogens with zero attached hydrogens (tertiary/aromatic N) is 2. The lowest BCUT2D eigenvalue weighted by Crippen LogP contribution is -2.45. The van der Waals surface area contributed by atoms with Crippen molar-refractivity contribution < 1.29 is 13.9 Å². The third-order valence-electron chi connectivity index (χ3n) is 4.20. The van der Waals surface area contributed by atoms with Gasteiger partial charge in [0, 0.05) is 18.9 Å². The Balaban J connectivity index is 2.25. The third-order valence-corrected chi connectivity index (χ3v) is 5.56. The predicted octanol–water partition coefficient (Wildman–Crippen LogP) is 2.60. The van der Waals surface area contributed by atoms with Crippen molar-refractivity contribution in [2.75, 3.05) is 19.9 Å². The Bertz CT molecular complexity index is 787. The van der Waals surface area contributed by atoms with Gasteiger partial charge in [0.15, 0.2) is 0 Å². The molecule has 0 bridgehead atoms. The van der Waals surface area contributed by atoms with Gasteiger partial charge < -0.3 is 14.5 Å². The number of carbonyl (C=O) groups is 1. The largest absolute Gasteiger partial charge is 0.496 e. The van der Waals surface area contributed by atoms with Crippen LogP contribution in [0.5, 0.6) is 5.75 Å². The third kappa shape index (κ3) is 4.55. The van der Waals surface area contributed by atoms with Gasteiger partial charge in [-0.1, -0.05) is 13.3 Å². The maximum absolute atomic E-state index is 12.9. The summed E-state index contributed by atoms with van der Waals surface area (Å²) >= 11 is 1.52. The average Bonchev–Trinajstić information content (AvgIpc) is 3.03. The van der Waals surface area contributed by atoms with Gasteiger partial charge in [-0.2, -0.15) is 0 Å². The minimum absolute atomic E-state index is 0.201. The Morgan fingerprint density at radius 3 is 2.88 bits per heavy atom. The molecule has 1 aliphatic rings. The molecule has 0 spiro atoms. The van der Waals surface area contributed by atoms with Crippen LogP contribution in [0.25, 0.3) is 0 Å². The minimum atomic E-state index is -0.878. The molecule has 1 aromatic heterocycles. The number of aliphatic imine (C=N–C) groups is 2. The van der Waals surface area contributed by atoms with Crippen LogP contribution in [0.1, 0.15) is 45.4 Å². The van der Waals surface area contributed by atoms with E-state index < -0.39 is 17.2 Å². The molecular weight excluding hydrogens is 354 g/mol. The van der Waals surface area contributed by atoms with Crippen LogP contribution in [0.4, 0.5) is 0 Å². The number of rotatable bonds is 7. The zero-order valence-electron chi connectivity index (χ0n) is 15.8. The summed E-state index contributed by atoms with van der Waals surface area (Å²) in [4.78, 5) is 33.3. The Morgan fingerprint density at radius 1 is 1.54 bits per heavy atom. The average molecular weight is 379 g/mol. The van der Waals surface area contributed by atoms with Crippen LogP contribution in [0, 0.1) is 0 Å². The van der Waals surface area contributed by atoms with Gasteiger partial charge in [-0.3, -0.25) is 14.8 Å². The molecule has 1 N–H and O–H groups in total. The van der Waals surface area contributed by atoms with E-state index in [2.05, 4.69) is 15.3 Å². The van der Waals surface area contributed by atoms with Crippen molar-refractivity contribution in [1.29, 1.82) is 0 Å². The summed E-state index contributed by atoms with van der Waals surface area (Å²) in [5, 5.41) is 3.77. The number of amides is 1. The number of methoxy groups -OCH3 is 1. The van der Waals surface area contributed by atoms with Gasteiger partial charge in [0.2, 0.25) is 5.91 Å². The number of thioether (sulfide) groups is 1. The van der Waals surface area contributed by atoms with Crippen LogP contribution in [0.3, 0.4) is 0 Å². The molecule has 0 saturated heterocycles. The van der Waals surface area contributed by atoms with Gasteiger partial charge in [0.25, 0.3) is 0 Å². The lowest BCUT2D eigenvalue weighted by molar-refractivity contribution is -0.125. The molecule has 1 aromatic rings. The summed E-state index contributed by atoms with van der Waals surface area (Å²) in [6, 6.07) is 2.49. The van der Waals surface area contributed by atoms with E-state index in [0.29, 0.717) is 23.7 Å². The first kappa shape index (κ1) is 20.2. The van der Waals surface area contributed by atoms with Crippen LogP contribution in [0.15, 0.2) is 31.3 Å². The summed E-state index contributed by atoms with van der Waals surface area (Å²) in [6.45, 7) is 5.68. The topological polar surface area (TPSA) is 93.3 Å². The molecular formula is C18H25N3O4S. The molecule has 1 aliphatic heterocycles. The molecule has 8 heteroatoms. The second-order valence-corrected chi connectivity index (χ2v) is 7.29. The van der Waals surface area contributed by atoms with Crippen LogP contribution in [-0.4, -0.2) is 42.1 Å². The fraction of sp³-hybridized carbons (Fsp3) is 0.556. The number of nitrogens with one attached hydrogen (secondary N) is 1. The second kappa shape index (κ2) is 8.53. The van der Waals surface area contributed by atoms with Gasteiger partial charge in [-0.05, 0) is 20.3 Å². The van der Waals surface area contributed by atoms with Gasteiger partial charge in [0.05, 0.1) is 24.9 Å². The van der Waals surface area contributed by atoms with E-state index in [9.17, 15) is 9.59 Å². The van der Waals surface area contributed by atoms with Crippen molar-refractivity contribution in [3.05, 3.63) is 28.3 Å². The summed E-state index contributed by atoms with van der Waals surface area (Å²) in [5.41, 5.74) is -0.570. The number of carbonyl (C=O) groups excluding carboxylic acids is 1. The van der Waals surface area contributed by atoms with Crippen molar-refractivity contribution in [1.82, 2.24) is 5.32 Å². The van der Waals surface area contributed by atoms with E-state index in [-0.39, 0.29) is 5.91 Å². The Kier molecular flexibility index (Phi) is 6.63. The highest BCUT2D eigenvalue weighted by Gasteiger charge is 2.39. The summed E-state index contributed by atoms with van der Waals surface area (Å²) in [6.07, 6.45) is 1.45. The van der Waals surface area contributed by atoms with Gasteiger partial charge >= 0.3 is 5.63 Å². The maximum atomic E-state index is 12.9. The molecule has 1 unspecified atom stereocenters. The molecule has 0 saturated carbocycles. The summed E-state index contributed by atoms with van der Waals surface area (Å²) in [5.74, 6) is 1.13. The first-order valence-corrected chi connectivity index (χ1v) is 9.48. The molecule has 2 rings (SSSR count). The predicted molar refractivity (Wildman–Crippen MR) is 105 cm³/mol. The normalized spacial score (nSPS) is 21.3. The van der Waals surface area contributed by atoms with E-state index in [1.165, 1.54) is 24.9 Å². The number of hydrogen-bond acceptors (Lipinski definition) is 7. The first-order chi connectivity index (χ1) is 12.3. The van der Waals surface area contributed by atoms with E-state index in [4.69, 9.17) is 9.15 Å². The summed E-state index contributed by atoms with van der Waals surface area (Å²) in [7, 11) is 3.19. The molecule has 26 heavy (non-hydrogen) atoms.